The number of hydrogen-bond donors (Lipinski definition) is 2. The SMILES string of the molecule is O=C(O)C1=CS(=O)(=O)C(CS)=N1. The lowest BCUT2D eigenvalue weighted by Gasteiger charge is -1.90. The molecule has 0 spiro atoms. The van der Waals surface area contributed by atoms with Crippen molar-refractivity contribution in [3.8, 4) is 0 Å². The van der Waals surface area contributed by atoms with E-state index in [2.05, 4.69) is 17.6 Å². The van der Waals surface area contributed by atoms with Gasteiger partial charge in [-0.3, -0.25) is 0 Å². The Morgan fingerprint density at radius 3 is 2.50 bits per heavy atom. The number of aliphatic carboxylic acids is 1. The summed E-state index contributed by atoms with van der Waals surface area (Å²) in [7, 11) is -3.60. The summed E-state index contributed by atoms with van der Waals surface area (Å²) >= 11 is 3.70. The minimum atomic E-state index is -3.60. The van der Waals surface area contributed by atoms with Gasteiger partial charge in [-0.2, -0.15) is 12.6 Å². The quantitative estimate of drug-likeness (QED) is 0.607. The van der Waals surface area contributed by atoms with Crippen molar-refractivity contribution in [1.82, 2.24) is 0 Å². The molecule has 1 heterocycles. The topological polar surface area (TPSA) is 83.8 Å². The minimum absolute atomic E-state index is 0.0877. The molecule has 0 saturated carbocycles. The third-order valence-electron chi connectivity index (χ3n) is 1.19. The highest BCUT2D eigenvalue weighted by molar-refractivity contribution is 8.10. The van der Waals surface area contributed by atoms with Crippen LogP contribution in [0.1, 0.15) is 0 Å². The molecule has 0 aromatic carbocycles. The average molecular weight is 207 g/mol. The van der Waals surface area contributed by atoms with Gasteiger partial charge in [-0.25, -0.2) is 18.2 Å². The molecule has 0 amide bonds. The summed E-state index contributed by atoms with van der Waals surface area (Å²) in [5.74, 6) is -1.44. The fourth-order valence-electron chi connectivity index (χ4n) is 0.663. The van der Waals surface area contributed by atoms with Crippen LogP contribution in [0.4, 0.5) is 0 Å². The number of carboxylic acid groups (broad SMARTS) is 1. The number of hydrogen-bond acceptors (Lipinski definition) is 5. The van der Waals surface area contributed by atoms with Gasteiger partial charge >= 0.3 is 5.97 Å². The first-order valence-electron chi connectivity index (χ1n) is 2.86. The summed E-state index contributed by atoms with van der Waals surface area (Å²) in [4.78, 5) is 13.7. The number of aliphatic imine (C=N–C) groups is 1. The van der Waals surface area contributed by atoms with Gasteiger partial charge in [-0.1, -0.05) is 0 Å². The molecule has 5 nitrogen and oxygen atoms in total. The van der Waals surface area contributed by atoms with Gasteiger partial charge in [0.2, 0.25) is 9.84 Å². The van der Waals surface area contributed by atoms with Gasteiger partial charge in [-0.05, 0) is 0 Å². The Bertz CT molecular complexity index is 378. The van der Waals surface area contributed by atoms with Gasteiger partial charge in [0.05, 0.1) is 5.41 Å². The van der Waals surface area contributed by atoms with E-state index in [0.29, 0.717) is 5.41 Å². The van der Waals surface area contributed by atoms with E-state index >= 15 is 0 Å². The Balaban J connectivity index is 3.17. The summed E-state index contributed by atoms with van der Waals surface area (Å²) in [5.41, 5.74) is -0.459. The zero-order chi connectivity index (χ0) is 9.35. The van der Waals surface area contributed by atoms with Crippen LogP contribution < -0.4 is 0 Å². The zero-order valence-corrected chi connectivity index (χ0v) is 7.47. The normalized spacial score (nSPS) is 20.1. The van der Waals surface area contributed by atoms with Crippen LogP contribution in [-0.4, -0.2) is 30.3 Å². The lowest BCUT2D eigenvalue weighted by molar-refractivity contribution is -0.132. The van der Waals surface area contributed by atoms with Crippen LogP contribution in [0, 0.1) is 0 Å². The van der Waals surface area contributed by atoms with Crippen LogP contribution in [0.5, 0.6) is 0 Å². The van der Waals surface area contributed by atoms with Crippen LogP contribution in [0.2, 0.25) is 0 Å². The second-order valence-electron chi connectivity index (χ2n) is 2.02. The molecule has 0 aliphatic carbocycles. The largest absolute Gasteiger partial charge is 0.476 e. The van der Waals surface area contributed by atoms with Crippen molar-refractivity contribution in [2.75, 3.05) is 5.75 Å². The zero-order valence-electron chi connectivity index (χ0n) is 5.76. The third kappa shape index (κ3) is 1.51. The maximum absolute atomic E-state index is 11.0. The lowest BCUT2D eigenvalue weighted by atomic mass is 10.5. The summed E-state index contributed by atoms with van der Waals surface area (Å²) in [5, 5.41) is 8.80. The molecule has 66 valence electrons. The first-order chi connectivity index (χ1) is 5.47. The number of thiol groups is 1. The molecular formula is C5H5NO4S2. The fraction of sp³-hybridized carbons (Fsp3) is 0.200. The molecule has 7 heteroatoms. The van der Waals surface area contributed by atoms with Crippen LogP contribution in [0.15, 0.2) is 16.1 Å². The van der Waals surface area contributed by atoms with Crippen LogP contribution in [0.25, 0.3) is 0 Å². The fourth-order valence-corrected chi connectivity index (χ4v) is 2.26. The van der Waals surface area contributed by atoms with Crippen molar-refractivity contribution in [1.29, 1.82) is 0 Å². The predicted molar refractivity (Wildman–Crippen MR) is 45.9 cm³/mol. The smallest absolute Gasteiger partial charge is 0.355 e. The maximum Gasteiger partial charge on any atom is 0.355 e. The molecular weight excluding hydrogens is 202 g/mol. The Hall–Kier alpha value is -0.820. The lowest BCUT2D eigenvalue weighted by Crippen LogP contribution is -2.09. The minimum Gasteiger partial charge on any atom is -0.476 e. The number of sulfone groups is 1. The average Bonchev–Trinajstić information content (AvgIpc) is 2.25. The van der Waals surface area contributed by atoms with Crippen LogP contribution in [-0.2, 0) is 14.6 Å². The van der Waals surface area contributed by atoms with Crippen molar-refractivity contribution in [2.24, 2.45) is 4.99 Å². The summed E-state index contributed by atoms with van der Waals surface area (Å²) in [6.07, 6.45) is 0. The van der Waals surface area contributed by atoms with Gasteiger partial charge in [0.1, 0.15) is 5.04 Å². The maximum atomic E-state index is 11.0. The van der Waals surface area contributed by atoms with E-state index in [4.69, 9.17) is 5.11 Å². The highest BCUT2D eigenvalue weighted by Crippen LogP contribution is 2.15. The summed E-state index contributed by atoms with van der Waals surface area (Å²) in [6, 6.07) is 0. The van der Waals surface area contributed by atoms with Gasteiger partial charge in [0.25, 0.3) is 0 Å². The molecule has 0 fully saturated rings. The van der Waals surface area contributed by atoms with E-state index in [1.165, 1.54) is 0 Å². The molecule has 1 aliphatic rings. The molecule has 0 unspecified atom stereocenters. The second-order valence-corrected chi connectivity index (χ2v) is 4.13. The Morgan fingerprint density at radius 2 is 2.25 bits per heavy atom. The van der Waals surface area contributed by atoms with E-state index in [-0.39, 0.29) is 10.8 Å². The predicted octanol–water partition coefficient (Wildman–Crippen LogP) is -0.331. The van der Waals surface area contributed by atoms with Gasteiger partial charge in [-0.15, -0.1) is 0 Å². The molecule has 0 aromatic heterocycles. The number of carbonyl (C=O) groups is 1. The molecule has 1 rings (SSSR count). The monoisotopic (exact) mass is 207 g/mol. The molecule has 0 radical (unpaired) electrons. The Kier molecular flexibility index (Phi) is 2.25. The third-order valence-corrected chi connectivity index (χ3v) is 3.13. The first kappa shape index (κ1) is 9.27. The van der Waals surface area contributed by atoms with Crippen molar-refractivity contribution >= 4 is 33.5 Å². The van der Waals surface area contributed by atoms with Crippen molar-refractivity contribution in [2.45, 2.75) is 0 Å². The van der Waals surface area contributed by atoms with Crippen LogP contribution >= 0.6 is 12.6 Å². The number of carboxylic acids is 1. The first-order valence-corrected chi connectivity index (χ1v) is 5.04. The van der Waals surface area contributed by atoms with Crippen molar-refractivity contribution < 1.29 is 18.3 Å². The van der Waals surface area contributed by atoms with Gasteiger partial charge < -0.3 is 5.11 Å². The van der Waals surface area contributed by atoms with E-state index < -0.39 is 21.5 Å². The molecule has 0 saturated heterocycles. The Labute approximate surface area is 74.1 Å². The number of rotatable bonds is 2. The highest BCUT2D eigenvalue weighted by atomic mass is 32.2. The van der Waals surface area contributed by atoms with E-state index in [9.17, 15) is 13.2 Å². The van der Waals surface area contributed by atoms with Crippen molar-refractivity contribution in [3.05, 3.63) is 11.1 Å². The van der Waals surface area contributed by atoms with Crippen molar-refractivity contribution in [3.63, 3.8) is 0 Å². The molecule has 1 N–H and O–H groups in total. The summed E-state index contributed by atoms with van der Waals surface area (Å²) < 4.78 is 22.0. The number of nitrogens with zero attached hydrogens (tertiary/aromatic N) is 1. The van der Waals surface area contributed by atoms with E-state index in [1.807, 2.05) is 0 Å². The molecule has 0 atom stereocenters. The summed E-state index contributed by atoms with van der Waals surface area (Å²) in [6.45, 7) is 0. The van der Waals surface area contributed by atoms with E-state index in [0.717, 1.165) is 0 Å². The molecule has 12 heavy (non-hydrogen) atoms. The highest BCUT2D eigenvalue weighted by Gasteiger charge is 2.26. The van der Waals surface area contributed by atoms with E-state index in [1.54, 1.807) is 0 Å². The standard InChI is InChI=1S/C5H5NO4S2/c7-5(8)3-2-12(9,10)4(1-11)6-3/h2,11H,1H2,(H,7,8). The van der Waals surface area contributed by atoms with Gasteiger partial charge in [0, 0.05) is 5.75 Å². The molecule has 0 aromatic rings. The van der Waals surface area contributed by atoms with Gasteiger partial charge in [0.15, 0.2) is 5.70 Å². The Morgan fingerprint density at radius 1 is 1.67 bits per heavy atom. The molecule has 1 aliphatic heterocycles. The van der Waals surface area contributed by atoms with Crippen LogP contribution in [0.3, 0.4) is 0 Å². The molecule has 0 bridgehead atoms. The second kappa shape index (κ2) is 2.91.